The van der Waals surface area contributed by atoms with E-state index in [2.05, 4.69) is 31.3 Å². The Morgan fingerprint density at radius 3 is 2.70 bits per heavy atom. The van der Waals surface area contributed by atoms with Gasteiger partial charge in [0.15, 0.2) is 0 Å². The van der Waals surface area contributed by atoms with E-state index in [9.17, 15) is 24.3 Å². The van der Waals surface area contributed by atoms with Gasteiger partial charge in [0.25, 0.3) is 0 Å². The number of thiophene rings is 1. The van der Waals surface area contributed by atoms with E-state index in [1.165, 1.54) is 16.2 Å². The summed E-state index contributed by atoms with van der Waals surface area (Å²) in [7, 11) is 0. The molecule has 3 amide bonds. The van der Waals surface area contributed by atoms with Crippen molar-refractivity contribution in [3.63, 3.8) is 0 Å². The van der Waals surface area contributed by atoms with Crippen molar-refractivity contribution in [2.24, 2.45) is 5.92 Å². The van der Waals surface area contributed by atoms with Crippen LogP contribution in [0.5, 0.6) is 5.88 Å². The number of hydrogen-bond acceptors (Lipinski definition) is 12. The predicted octanol–water partition coefficient (Wildman–Crippen LogP) is 4.26. The van der Waals surface area contributed by atoms with Gasteiger partial charge in [0.1, 0.15) is 35.0 Å². The summed E-state index contributed by atoms with van der Waals surface area (Å²) in [5, 5.41) is 31.9. The van der Waals surface area contributed by atoms with Gasteiger partial charge in [-0.15, -0.1) is 21.5 Å². The van der Waals surface area contributed by atoms with E-state index >= 15 is 0 Å². The van der Waals surface area contributed by atoms with Crippen LogP contribution in [-0.2, 0) is 19.1 Å². The molecule has 53 heavy (non-hydrogen) atoms. The number of carboxylic acid groups (broad SMARTS) is 1. The molecule has 2 aliphatic heterocycles. The number of allylic oxidation sites excluding steroid dienone is 1. The molecule has 7 rings (SSSR count). The molecule has 2 fully saturated rings. The van der Waals surface area contributed by atoms with Gasteiger partial charge in [-0.2, -0.15) is 5.21 Å². The minimum Gasteiger partial charge on any atom is -0.479 e. The van der Waals surface area contributed by atoms with Gasteiger partial charge in [0, 0.05) is 17.9 Å². The number of carboxylic acids is 1. The second-order valence-corrected chi connectivity index (χ2v) is 15.6. The van der Waals surface area contributed by atoms with Crippen molar-refractivity contribution >= 4 is 46.2 Å². The second-order valence-electron chi connectivity index (χ2n) is 14.6. The fourth-order valence-electron chi connectivity index (χ4n) is 6.87. The molecular formula is C36H41N9O7S. The van der Waals surface area contributed by atoms with Crippen LogP contribution in [0.4, 0.5) is 4.79 Å². The maximum Gasteiger partial charge on any atom is 0.408 e. The first kappa shape index (κ1) is 35.9. The number of rotatable bonds is 6. The highest BCUT2D eigenvalue weighted by Gasteiger charge is 2.61. The van der Waals surface area contributed by atoms with Crippen LogP contribution in [-0.4, -0.2) is 100 Å². The van der Waals surface area contributed by atoms with Crippen molar-refractivity contribution in [1.29, 1.82) is 0 Å². The standard InChI is InChI=1S/C36H41N9O7S/c1-35(2,3)52-34(50)39-24-11-8-6-4-5-7-10-21-18-36(21,33(48)49)40-30(46)26-17-22(19-45(26)32(24)47)51-31-28(27-12-9-15-53-27)37-25-16-20(13-14-23(25)38-31)29-41-43-44-42-29/h7,9-10,12-16,21-22,24,26H,4-6,8,11,17-19H2,1-3H3,(H,39,50)(H,40,46)(H,48,49)(H,41,42,43,44)/b10-7-/t21?,22-,24+,26?,36?/m1/s1. The maximum absolute atomic E-state index is 14.4. The molecule has 278 valence electrons. The Labute approximate surface area is 308 Å². The topological polar surface area (TPSA) is 215 Å². The van der Waals surface area contributed by atoms with E-state index in [0.717, 1.165) is 24.1 Å². The molecule has 0 bridgehead atoms. The number of ether oxygens (including phenoxy) is 2. The molecule has 3 aliphatic rings. The lowest BCUT2D eigenvalue weighted by atomic mass is 10.0. The molecule has 5 heterocycles. The van der Waals surface area contributed by atoms with Gasteiger partial charge in [-0.1, -0.05) is 31.1 Å². The van der Waals surface area contributed by atoms with Crippen molar-refractivity contribution in [3.8, 4) is 27.8 Å². The average molecular weight is 744 g/mol. The Kier molecular flexibility index (Phi) is 9.85. The third kappa shape index (κ3) is 7.84. The van der Waals surface area contributed by atoms with Crippen molar-refractivity contribution in [3.05, 3.63) is 47.9 Å². The highest BCUT2D eigenvalue weighted by atomic mass is 32.1. The van der Waals surface area contributed by atoms with E-state index < -0.39 is 53.2 Å². The van der Waals surface area contributed by atoms with E-state index in [1.54, 1.807) is 39.0 Å². The largest absolute Gasteiger partial charge is 0.479 e. The monoisotopic (exact) mass is 743 g/mol. The van der Waals surface area contributed by atoms with Crippen LogP contribution in [0.2, 0.25) is 0 Å². The lowest BCUT2D eigenvalue weighted by Gasteiger charge is -2.30. The van der Waals surface area contributed by atoms with Crippen molar-refractivity contribution in [2.45, 2.75) is 95.0 Å². The Bertz CT molecular complexity index is 2030. The maximum atomic E-state index is 14.4. The van der Waals surface area contributed by atoms with Crippen LogP contribution in [0.3, 0.4) is 0 Å². The zero-order valence-electron chi connectivity index (χ0n) is 29.6. The minimum atomic E-state index is -1.47. The van der Waals surface area contributed by atoms with Crippen LogP contribution in [0.25, 0.3) is 33.0 Å². The van der Waals surface area contributed by atoms with Crippen LogP contribution in [0.1, 0.15) is 65.7 Å². The summed E-state index contributed by atoms with van der Waals surface area (Å²) < 4.78 is 12.0. The number of aromatic nitrogens is 6. The van der Waals surface area contributed by atoms with Crippen LogP contribution in [0.15, 0.2) is 47.9 Å². The highest BCUT2D eigenvalue weighted by molar-refractivity contribution is 7.13. The predicted molar refractivity (Wildman–Crippen MR) is 193 cm³/mol. The molecule has 1 aromatic carbocycles. The molecule has 16 nitrogen and oxygen atoms in total. The lowest BCUT2D eigenvalue weighted by Crippen LogP contribution is -2.56. The molecule has 5 atom stereocenters. The number of amides is 3. The van der Waals surface area contributed by atoms with E-state index in [4.69, 9.17) is 19.4 Å². The fraction of sp³-hybridized carbons (Fsp3) is 0.472. The average Bonchev–Trinajstić information content (AvgIpc) is 3.62. The van der Waals surface area contributed by atoms with E-state index in [1.807, 2.05) is 29.7 Å². The molecular weight excluding hydrogens is 703 g/mol. The molecule has 0 spiro atoms. The van der Waals surface area contributed by atoms with Gasteiger partial charge in [0.2, 0.25) is 23.5 Å². The number of aromatic amines is 1. The smallest absolute Gasteiger partial charge is 0.408 e. The summed E-state index contributed by atoms with van der Waals surface area (Å²) in [6.45, 7) is 5.18. The first-order valence-corrected chi connectivity index (χ1v) is 18.6. The molecule has 1 aliphatic carbocycles. The van der Waals surface area contributed by atoms with Gasteiger partial charge in [0.05, 0.1) is 22.5 Å². The summed E-state index contributed by atoms with van der Waals surface area (Å²) in [6.07, 6.45) is 5.94. The Balaban J connectivity index is 1.21. The molecule has 17 heteroatoms. The van der Waals surface area contributed by atoms with Gasteiger partial charge in [-0.05, 0) is 81.3 Å². The number of carbonyl (C=O) groups is 4. The lowest BCUT2D eigenvalue weighted by molar-refractivity contribution is -0.145. The molecule has 4 aromatic rings. The quantitative estimate of drug-likeness (QED) is 0.204. The minimum absolute atomic E-state index is 0.0206. The normalized spacial score (nSPS) is 25.7. The Morgan fingerprint density at radius 1 is 1.11 bits per heavy atom. The van der Waals surface area contributed by atoms with Crippen molar-refractivity contribution in [1.82, 2.24) is 46.1 Å². The zero-order valence-corrected chi connectivity index (χ0v) is 30.4. The van der Waals surface area contributed by atoms with E-state index in [-0.39, 0.29) is 31.2 Å². The van der Waals surface area contributed by atoms with E-state index in [0.29, 0.717) is 41.0 Å². The number of benzene rings is 1. The first-order valence-electron chi connectivity index (χ1n) is 17.7. The Hall–Kier alpha value is -5.45. The number of tetrazole rings is 1. The first-order chi connectivity index (χ1) is 25.4. The number of aliphatic carboxylic acids is 1. The zero-order chi connectivity index (χ0) is 37.3. The summed E-state index contributed by atoms with van der Waals surface area (Å²) in [4.78, 5) is 65.9. The molecule has 4 N–H and O–H groups in total. The number of nitrogens with zero attached hydrogens (tertiary/aromatic N) is 6. The summed E-state index contributed by atoms with van der Waals surface area (Å²) in [5.41, 5.74) is 0.00664. The van der Waals surface area contributed by atoms with Gasteiger partial charge in [-0.25, -0.2) is 19.6 Å². The highest BCUT2D eigenvalue weighted by Crippen LogP contribution is 2.45. The fourth-order valence-corrected chi connectivity index (χ4v) is 7.58. The number of fused-ring (bicyclic) bond motifs is 3. The number of hydrogen-bond donors (Lipinski definition) is 4. The van der Waals surface area contributed by atoms with Crippen LogP contribution < -0.4 is 15.4 Å². The van der Waals surface area contributed by atoms with Gasteiger partial charge in [-0.3, -0.25) is 9.59 Å². The number of H-pyrrole nitrogens is 1. The summed E-state index contributed by atoms with van der Waals surface area (Å²) >= 11 is 1.45. The second kappa shape index (κ2) is 14.5. The summed E-state index contributed by atoms with van der Waals surface area (Å²) in [5.74, 6) is -1.97. The molecule has 1 saturated carbocycles. The van der Waals surface area contributed by atoms with Crippen molar-refractivity contribution in [2.75, 3.05) is 6.54 Å². The third-order valence-electron chi connectivity index (χ3n) is 9.58. The Morgan fingerprint density at radius 2 is 1.96 bits per heavy atom. The SMILES string of the molecule is CC(C)(C)OC(=O)N[C@H]1CCCCC/C=C\C2CC2(C(=O)O)NC(=O)C2C[C@@H](Oc3nc4ccc(-c5nn[nH]n5)cc4nc3-c3cccs3)CN2C1=O. The number of alkyl carbamates (subject to hydrolysis) is 1. The summed E-state index contributed by atoms with van der Waals surface area (Å²) in [6, 6.07) is 7.08. The van der Waals surface area contributed by atoms with Crippen LogP contribution in [0, 0.1) is 5.92 Å². The molecule has 3 unspecified atom stereocenters. The molecule has 1 saturated heterocycles. The molecule has 3 aromatic heterocycles. The van der Waals surface area contributed by atoms with Gasteiger partial charge < -0.3 is 30.1 Å². The third-order valence-corrected chi connectivity index (χ3v) is 10.5. The van der Waals surface area contributed by atoms with Gasteiger partial charge >= 0.3 is 12.1 Å². The number of carbonyl (C=O) groups excluding carboxylic acids is 3. The number of nitrogens with one attached hydrogen (secondary N) is 3. The molecule has 0 radical (unpaired) electrons. The van der Waals surface area contributed by atoms with Crippen LogP contribution >= 0.6 is 11.3 Å². The van der Waals surface area contributed by atoms with Crippen molar-refractivity contribution < 1.29 is 33.8 Å².